The maximum absolute atomic E-state index is 13.4. The van der Waals surface area contributed by atoms with Crippen LogP contribution in [-0.2, 0) is 9.59 Å². The fourth-order valence-electron chi connectivity index (χ4n) is 5.96. The molecule has 2 N–H and O–H groups in total. The summed E-state index contributed by atoms with van der Waals surface area (Å²) in [5, 5.41) is 20.5. The van der Waals surface area contributed by atoms with Crippen LogP contribution >= 0.6 is 0 Å². The zero-order valence-electron chi connectivity index (χ0n) is 24.7. The highest BCUT2D eigenvalue weighted by Gasteiger charge is 2.29. The first-order chi connectivity index (χ1) is 21.4. The van der Waals surface area contributed by atoms with E-state index in [-0.39, 0.29) is 11.5 Å². The molecule has 2 aliphatic heterocycles. The first-order valence-electron chi connectivity index (χ1n) is 14.8. The number of nitriles is 2. The molecule has 0 saturated heterocycles. The summed E-state index contributed by atoms with van der Waals surface area (Å²) in [6.07, 6.45) is 5.56. The van der Waals surface area contributed by atoms with Crippen LogP contribution in [0.25, 0.3) is 33.0 Å². The number of hydrogen-bond acceptors (Lipinski definition) is 8. The number of nitrogens with zero attached hydrogens (tertiary/aromatic N) is 4. The summed E-state index contributed by atoms with van der Waals surface area (Å²) in [6, 6.07) is 14.7. The number of benzene rings is 2. The topological polar surface area (TPSA) is 138 Å². The number of rotatable bonds is 6. The molecule has 0 atom stereocenters. The third kappa shape index (κ3) is 5.26. The van der Waals surface area contributed by atoms with Crippen LogP contribution in [0.15, 0.2) is 48.6 Å². The Morgan fingerprint density at radius 3 is 1.52 bits per heavy atom. The third-order valence-corrected chi connectivity index (χ3v) is 8.49. The number of esters is 2. The van der Waals surface area contributed by atoms with Gasteiger partial charge in [-0.3, -0.25) is 9.80 Å². The fourth-order valence-corrected chi connectivity index (χ4v) is 5.96. The zero-order valence-corrected chi connectivity index (χ0v) is 24.7. The van der Waals surface area contributed by atoms with E-state index in [1.807, 2.05) is 0 Å². The Hall–Kier alpha value is -5.16. The summed E-state index contributed by atoms with van der Waals surface area (Å²) in [4.78, 5) is 38.0. The molecule has 6 rings (SSSR count). The second-order valence-electron chi connectivity index (χ2n) is 10.9. The summed E-state index contributed by atoms with van der Waals surface area (Å²) in [7, 11) is 0. The number of para-hydroxylation sites is 2. The molecule has 10 heteroatoms. The van der Waals surface area contributed by atoms with Gasteiger partial charge in [0.2, 0.25) is 0 Å². The van der Waals surface area contributed by atoms with Gasteiger partial charge in [0.1, 0.15) is 12.1 Å². The Morgan fingerprint density at radius 2 is 1.18 bits per heavy atom. The molecule has 2 aromatic carbocycles. The van der Waals surface area contributed by atoms with E-state index < -0.39 is 11.9 Å². The number of hydrogen-bond donors (Lipinski definition) is 2. The molecule has 0 spiro atoms. The Bertz CT molecular complexity index is 1790. The Morgan fingerprint density at radius 1 is 0.750 bits per heavy atom. The van der Waals surface area contributed by atoms with Crippen molar-refractivity contribution in [3.63, 3.8) is 0 Å². The van der Waals surface area contributed by atoms with Crippen LogP contribution in [-0.4, -0.2) is 71.0 Å². The molecule has 2 aliphatic rings. The van der Waals surface area contributed by atoms with Crippen LogP contribution in [0.4, 0.5) is 0 Å². The SMILES string of the molecule is CCN1CC=C(c2[nH]c3c(C#N)cccc3c2OC(=O)C(=O)Oc2c(C3=CCN(CC)CC3)[nH]c3c(C#N)cccc23)CC1. The van der Waals surface area contributed by atoms with Gasteiger partial charge in [0, 0.05) is 37.0 Å². The molecule has 4 heterocycles. The molecule has 10 nitrogen and oxygen atoms in total. The summed E-state index contributed by atoms with van der Waals surface area (Å²) in [5.41, 5.74) is 4.90. The first-order valence-corrected chi connectivity index (χ1v) is 14.8. The summed E-state index contributed by atoms with van der Waals surface area (Å²) >= 11 is 0. The average Bonchev–Trinajstić information content (AvgIpc) is 3.63. The van der Waals surface area contributed by atoms with Crippen molar-refractivity contribution in [3.8, 4) is 23.6 Å². The van der Waals surface area contributed by atoms with Crippen LogP contribution in [0.3, 0.4) is 0 Å². The van der Waals surface area contributed by atoms with Crippen molar-refractivity contribution < 1.29 is 19.1 Å². The van der Waals surface area contributed by atoms with Gasteiger partial charge < -0.3 is 19.4 Å². The lowest BCUT2D eigenvalue weighted by Crippen LogP contribution is -2.29. The molecule has 4 aromatic rings. The number of aromatic amines is 2. The normalized spacial score (nSPS) is 15.8. The van der Waals surface area contributed by atoms with Gasteiger partial charge in [-0.15, -0.1) is 0 Å². The van der Waals surface area contributed by atoms with E-state index in [9.17, 15) is 20.1 Å². The highest BCUT2D eigenvalue weighted by Crippen LogP contribution is 2.40. The zero-order chi connectivity index (χ0) is 30.8. The molecule has 0 unspecified atom stereocenters. The quantitative estimate of drug-likeness (QED) is 0.234. The smallest absolute Gasteiger partial charge is 0.415 e. The van der Waals surface area contributed by atoms with Crippen molar-refractivity contribution >= 4 is 44.9 Å². The van der Waals surface area contributed by atoms with Crippen molar-refractivity contribution in [2.75, 3.05) is 39.3 Å². The van der Waals surface area contributed by atoms with Crippen LogP contribution in [0.2, 0.25) is 0 Å². The van der Waals surface area contributed by atoms with Crippen molar-refractivity contribution in [2.45, 2.75) is 26.7 Å². The number of carbonyl (C=O) groups excluding carboxylic acids is 2. The van der Waals surface area contributed by atoms with Crippen molar-refractivity contribution in [3.05, 3.63) is 71.1 Å². The maximum Gasteiger partial charge on any atom is 0.423 e. The predicted molar refractivity (Wildman–Crippen MR) is 167 cm³/mol. The molecule has 0 bridgehead atoms. The van der Waals surface area contributed by atoms with E-state index in [0.717, 1.165) is 50.4 Å². The first kappa shape index (κ1) is 28.9. The van der Waals surface area contributed by atoms with Gasteiger partial charge >= 0.3 is 11.9 Å². The lowest BCUT2D eigenvalue weighted by Gasteiger charge is -2.24. The summed E-state index contributed by atoms with van der Waals surface area (Å²) in [6.45, 7) is 9.18. The van der Waals surface area contributed by atoms with Gasteiger partial charge in [-0.2, -0.15) is 10.5 Å². The van der Waals surface area contributed by atoms with Gasteiger partial charge in [-0.25, -0.2) is 9.59 Å². The van der Waals surface area contributed by atoms with Crippen LogP contribution in [0.5, 0.6) is 11.5 Å². The Kier molecular flexibility index (Phi) is 8.03. The molecular formula is C34H32N6O4. The molecule has 0 fully saturated rings. The molecular weight excluding hydrogens is 556 g/mol. The Labute approximate surface area is 254 Å². The largest absolute Gasteiger partial charge is 0.423 e. The third-order valence-electron chi connectivity index (χ3n) is 8.49. The van der Waals surface area contributed by atoms with Gasteiger partial charge in [0.15, 0.2) is 11.5 Å². The number of fused-ring (bicyclic) bond motifs is 2. The molecule has 0 aliphatic carbocycles. The predicted octanol–water partition coefficient (Wildman–Crippen LogP) is 5.12. The lowest BCUT2D eigenvalue weighted by atomic mass is 10.0. The van der Waals surface area contributed by atoms with E-state index in [4.69, 9.17) is 9.47 Å². The van der Waals surface area contributed by atoms with Crippen molar-refractivity contribution in [1.82, 2.24) is 19.8 Å². The van der Waals surface area contributed by atoms with Crippen LogP contribution < -0.4 is 9.47 Å². The monoisotopic (exact) mass is 588 g/mol. The van der Waals surface area contributed by atoms with E-state index in [1.54, 1.807) is 36.4 Å². The molecule has 222 valence electrons. The molecule has 0 saturated carbocycles. The second-order valence-corrected chi connectivity index (χ2v) is 10.9. The van der Waals surface area contributed by atoms with E-state index >= 15 is 0 Å². The number of H-pyrrole nitrogens is 2. The minimum Gasteiger partial charge on any atom is -0.415 e. The lowest BCUT2D eigenvalue weighted by molar-refractivity contribution is -0.156. The average molecular weight is 589 g/mol. The number of carbonyl (C=O) groups is 2. The number of likely N-dealkylation sites (N-methyl/N-ethyl adjacent to an activating group) is 2. The van der Waals surface area contributed by atoms with Gasteiger partial charge in [0.05, 0.1) is 33.5 Å². The van der Waals surface area contributed by atoms with Crippen molar-refractivity contribution in [1.29, 1.82) is 10.5 Å². The maximum atomic E-state index is 13.4. The standard InChI is InChI=1S/C34H32N6O4/c1-3-39-15-11-21(12-16-39)29-31(25-9-5-7-23(19-35)27(25)37-29)43-33(41)34(42)44-32-26-10-6-8-24(20-36)28(26)38-30(32)22-13-17-40(4-2)18-14-22/h5-11,13,37-38H,3-4,12,14-18H2,1-2H3. The minimum absolute atomic E-state index is 0.191. The second kappa shape index (κ2) is 12.2. The van der Waals surface area contributed by atoms with Gasteiger partial charge in [-0.1, -0.05) is 38.1 Å². The molecule has 44 heavy (non-hydrogen) atoms. The van der Waals surface area contributed by atoms with E-state index in [1.165, 1.54) is 0 Å². The fraction of sp³-hybridized carbons (Fsp3) is 0.294. The van der Waals surface area contributed by atoms with Crippen molar-refractivity contribution in [2.24, 2.45) is 0 Å². The number of ether oxygens (including phenoxy) is 2. The summed E-state index contributed by atoms with van der Waals surface area (Å²) in [5.74, 6) is -1.99. The van der Waals surface area contributed by atoms with Gasteiger partial charge in [0.25, 0.3) is 0 Å². The van der Waals surface area contributed by atoms with Gasteiger partial charge in [-0.05, 0) is 61.3 Å². The summed E-state index contributed by atoms with van der Waals surface area (Å²) < 4.78 is 11.6. The molecule has 0 radical (unpaired) electrons. The highest BCUT2D eigenvalue weighted by atomic mass is 16.6. The van der Waals surface area contributed by atoms with Crippen LogP contribution in [0, 0.1) is 22.7 Å². The minimum atomic E-state index is -1.19. The van der Waals surface area contributed by atoms with Crippen LogP contribution in [0.1, 0.15) is 49.2 Å². The molecule has 2 aromatic heterocycles. The Balaban J connectivity index is 1.35. The number of nitrogens with one attached hydrogen (secondary N) is 2. The highest BCUT2D eigenvalue weighted by molar-refractivity contribution is 6.31. The molecule has 0 amide bonds. The van der Waals surface area contributed by atoms with E-state index in [2.05, 4.69) is 57.9 Å². The number of aromatic nitrogens is 2. The van der Waals surface area contributed by atoms with E-state index in [0.29, 0.717) is 57.2 Å².